The molecule has 0 saturated carbocycles. The monoisotopic (exact) mass is 628 g/mol. The van der Waals surface area contributed by atoms with Gasteiger partial charge in [-0.1, -0.05) is 18.2 Å². The van der Waals surface area contributed by atoms with Crippen LogP contribution in [0.15, 0.2) is 84.1 Å². The first kappa shape index (κ1) is 29.8. The van der Waals surface area contributed by atoms with E-state index in [0.717, 1.165) is 25.3 Å². The van der Waals surface area contributed by atoms with Gasteiger partial charge >= 0.3 is 0 Å². The minimum absolute atomic E-state index is 0.00501. The lowest BCUT2D eigenvalue weighted by Gasteiger charge is -2.38. The molecule has 13 nitrogen and oxygen atoms in total. The van der Waals surface area contributed by atoms with Crippen molar-refractivity contribution in [3.63, 3.8) is 0 Å². The second kappa shape index (κ2) is 12.8. The van der Waals surface area contributed by atoms with Gasteiger partial charge in [-0.3, -0.25) is 14.4 Å². The number of hydrogen-bond donors (Lipinski definition) is 4. The van der Waals surface area contributed by atoms with Gasteiger partial charge in [-0.25, -0.2) is 23.4 Å². The van der Waals surface area contributed by atoms with Gasteiger partial charge in [0, 0.05) is 67.5 Å². The van der Waals surface area contributed by atoms with Crippen molar-refractivity contribution in [2.75, 3.05) is 42.7 Å². The Morgan fingerprint density at radius 3 is 2.31 bits per heavy atom. The summed E-state index contributed by atoms with van der Waals surface area (Å²) < 4.78 is 40.5. The van der Waals surface area contributed by atoms with E-state index in [2.05, 4.69) is 40.2 Å². The van der Waals surface area contributed by atoms with E-state index in [9.17, 15) is 13.2 Å². The van der Waals surface area contributed by atoms with Crippen molar-refractivity contribution in [1.29, 1.82) is 0 Å². The number of hydrogen-bond acceptors (Lipinski definition) is 10. The summed E-state index contributed by atoms with van der Waals surface area (Å²) in [6.45, 7) is 2.37. The van der Waals surface area contributed by atoms with Crippen LogP contribution in [-0.2, 0) is 21.4 Å². The molecule has 3 heterocycles. The van der Waals surface area contributed by atoms with Crippen molar-refractivity contribution < 1.29 is 22.7 Å². The highest BCUT2D eigenvalue weighted by Crippen LogP contribution is 2.32. The average Bonchev–Trinajstić information content (AvgIpc) is 3.53. The number of benzene rings is 3. The fourth-order valence-corrected chi connectivity index (χ4v) is 6.18. The topological polar surface area (TPSA) is 163 Å². The van der Waals surface area contributed by atoms with Crippen LogP contribution in [0.3, 0.4) is 0 Å². The molecule has 0 radical (unpaired) electrons. The maximum Gasteiger partial charge on any atom is 0.263 e. The van der Waals surface area contributed by atoms with Gasteiger partial charge in [-0.15, -0.1) is 0 Å². The zero-order chi connectivity index (χ0) is 31.4. The molecule has 0 aliphatic carbocycles. The molecule has 0 spiro atoms. The first-order chi connectivity index (χ1) is 21.8. The standard InChI is InChI=1S/C31H32N8O5S/c1-43-24-11-22(12-25(14-24)44-2)35-30-31(37-28-9-4-3-8-27(28)36-30)38-45(41,42)26-7-5-6-21(13-26)34-29(40)10-20-16-39(17-20)18-23-15-32-19-33-23/h3-9,11-15,19-20H,10,16-18H2,1-2H3,(H,32,33)(H,34,40)(H,35,36)(H,37,38). The molecule has 1 saturated heterocycles. The largest absolute Gasteiger partial charge is 0.497 e. The number of ether oxygens (including phenoxy) is 2. The summed E-state index contributed by atoms with van der Waals surface area (Å²) in [5, 5.41) is 5.98. The van der Waals surface area contributed by atoms with E-state index in [1.165, 1.54) is 26.4 Å². The summed E-state index contributed by atoms with van der Waals surface area (Å²) in [6, 6.07) is 18.4. The Morgan fingerprint density at radius 2 is 1.64 bits per heavy atom. The third-order valence-electron chi connectivity index (χ3n) is 7.30. The van der Waals surface area contributed by atoms with Crippen molar-refractivity contribution in [3.8, 4) is 11.5 Å². The lowest BCUT2D eigenvalue weighted by atomic mass is 9.95. The number of amides is 1. The maximum absolute atomic E-state index is 13.6. The molecule has 6 rings (SSSR count). The molecule has 2 aromatic heterocycles. The normalized spacial score (nSPS) is 13.6. The molecular formula is C31H32N8O5S. The highest BCUT2D eigenvalue weighted by atomic mass is 32.2. The van der Waals surface area contributed by atoms with E-state index in [4.69, 9.17) is 9.47 Å². The number of aromatic nitrogens is 4. The van der Waals surface area contributed by atoms with Gasteiger partial charge in [-0.2, -0.15) is 0 Å². The Balaban J connectivity index is 1.17. The zero-order valence-electron chi connectivity index (χ0n) is 24.6. The average molecular weight is 629 g/mol. The molecule has 1 aliphatic heterocycles. The molecule has 1 aliphatic rings. The number of imidazole rings is 1. The first-order valence-corrected chi connectivity index (χ1v) is 15.7. The highest BCUT2D eigenvalue weighted by Gasteiger charge is 2.29. The number of carbonyl (C=O) groups is 1. The summed E-state index contributed by atoms with van der Waals surface area (Å²) in [7, 11) is -1.06. The second-order valence-corrected chi connectivity index (χ2v) is 12.3. The van der Waals surface area contributed by atoms with Crippen LogP contribution < -0.4 is 24.8 Å². The van der Waals surface area contributed by atoms with E-state index in [-0.39, 0.29) is 28.4 Å². The zero-order valence-corrected chi connectivity index (χ0v) is 25.5. The fraction of sp³-hybridized carbons (Fsp3) is 0.226. The number of rotatable bonds is 12. The van der Waals surface area contributed by atoms with Crippen LogP contribution in [0.5, 0.6) is 11.5 Å². The summed E-state index contributed by atoms with van der Waals surface area (Å²) in [4.78, 5) is 31.3. The number of methoxy groups -OCH3 is 2. The van der Waals surface area contributed by atoms with Crippen LogP contribution in [0.4, 0.5) is 23.0 Å². The first-order valence-electron chi connectivity index (χ1n) is 14.2. The van der Waals surface area contributed by atoms with Crippen molar-refractivity contribution in [1.82, 2.24) is 24.8 Å². The molecule has 1 fully saturated rings. The summed E-state index contributed by atoms with van der Waals surface area (Å²) in [5.74, 6) is 1.30. The highest BCUT2D eigenvalue weighted by molar-refractivity contribution is 7.92. The Kier molecular flexibility index (Phi) is 8.49. The van der Waals surface area contributed by atoms with Crippen LogP contribution in [0, 0.1) is 5.92 Å². The van der Waals surface area contributed by atoms with Crippen molar-refractivity contribution in [3.05, 3.63) is 84.9 Å². The number of fused-ring (bicyclic) bond motifs is 1. The minimum atomic E-state index is -4.14. The van der Waals surface area contributed by atoms with Crippen LogP contribution in [0.25, 0.3) is 11.0 Å². The quantitative estimate of drug-likeness (QED) is 0.156. The van der Waals surface area contributed by atoms with Gasteiger partial charge in [0.05, 0.1) is 36.5 Å². The third kappa shape index (κ3) is 7.13. The Hall–Kier alpha value is -5.21. The van der Waals surface area contributed by atoms with Crippen LogP contribution in [-0.4, -0.2) is 66.5 Å². The molecule has 45 heavy (non-hydrogen) atoms. The number of likely N-dealkylation sites (tertiary alicyclic amines) is 1. The lowest BCUT2D eigenvalue weighted by molar-refractivity contribution is -0.118. The smallest absolute Gasteiger partial charge is 0.263 e. The fourth-order valence-electron chi connectivity index (χ4n) is 5.12. The molecule has 3 aromatic carbocycles. The van der Waals surface area contributed by atoms with Gasteiger partial charge in [0.25, 0.3) is 10.0 Å². The summed E-state index contributed by atoms with van der Waals surface area (Å²) >= 11 is 0. The number of carbonyl (C=O) groups excluding carboxylic acids is 1. The van der Waals surface area contributed by atoms with Crippen LogP contribution >= 0.6 is 0 Å². The molecule has 14 heteroatoms. The number of para-hydroxylation sites is 2. The predicted octanol–water partition coefficient (Wildman–Crippen LogP) is 4.38. The van der Waals surface area contributed by atoms with Gasteiger partial charge < -0.3 is 25.1 Å². The van der Waals surface area contributed by atoms with Gasteiger partial charge in [-0.05, 0) is 36.2 Å². The van der Waals surface area contributed by atoms with Gasteiger partial charge in [0.1, 0.15) is 11.5 Å². The van der Waals surface area contributed by atoms with Crippen molar-refractivity contribution >= 4 is 50.0 Å². The predicted molar refractivity (Wildman–Crippen MR) is 170 cm³/mol. The van der Waals surface area contributed by atoms with Crippen molar-refractivity contribution in [2.24, 2.45) is 5.92 Å². The number of anilines is 4. The molecule has 1 amide bonds. The van der Waals surface area contributed by atoms with E-state index in [1.807, 2.05) is 6.07 Å². The molecule has 0 bridgehead atoms. The maximum atomic E-state index is 13.6. The van der Waals surface area contributed by atoms with Gasteiger partial charge in [0.2, 0.25) is 5.91 Å². The molecule has 4 N–H and O–H groups in total. The van der Waals surface area contributed by atoms with Crippen LogP contribution in [0.1, 0.15) is 12.1 Å². The molecule has 5 aromatic rings. The van der Waals surface area contributed by atoms with E-state index in [1.54, 1.807) is 61.1 Å². The number of sulfonamides is 1. The second-order valence-electron chi connectivity index (χ2n) is 10.7. The molecule has 232 valence electrons. The van der Waals surface area contributed by atoms with E-state index >= 15 is 0 Å². The van der Waals surface area contributed by atoms with Crippen molar-refractivity contribution in [2.45, 2.75) is 17.9 Å². The SMILES string of the molecule is COc1cc(Nc2nc3ccccc3nc2NS(=O)(=O)c2cccc(NC(=O)CC3CN(Cc4cnc[nH]4)C3)c2)cc(OC)c1. The number of H-pyrrole nitrogens is 1. The van der Waals surface area contributed by atoms with Crippen LogP contribution in [0.2, 0.25) is 0 Å². The van der Waals surface area contributed by atoms with E-state index in [0.29, 0.717) is 40.3 Å². The summed E-state index contributed by atoms with van der Waals surface area (Å²) in [6.07, 6.45) is 3.78. The van der Waals surface area contributed by atoms with Gasteiger partial charge in [0.15, 0.2) is 11.6 Å². The number of nitrogens with zero attached hydrogens (tertiary/aromatic N) is 4. The number of nitrogens with one attached hydrogen (secondary N) is 4. The Labute approximate surface area is 260 Å². The summed E-state index contributed by atoms with van der Waals surface area (Å²) in [5.41, 5.74) is 3.03. The third-order valence-corrected chi connectivity index (χ3v) is 8.64. The Bertz CT molecular complexity index is 1910. The molecular weight excluding hydrogens is 596 g/mol. The number of aromatic amines is 1. The Morgan fingerprint density at radius 1 is 0.933 bits per heavy atom. The van der Waals surface area contributed by atoms with E-state index < -0.39 is 10.0 Å². The lowest BCUT2D eigenvalue weighted by Crippen LogP contribution is -2.47. The minimum Gasteiger partial charge on any atom is -0.497 e. The molecule has 0 unspecified atom stereocenters. The molecule has 0 atom stereocenters.